The van der Waals surface area contributed by atoms with Gasteiger partial charge in [-0.2, -0.15) is 0 Å². The van der Waals surface area contributed by atoms with E-state index in [1.807, 2.05) is 0 Å². The van der Waals surface area contributed by atoms with Crippen molar-refractivity contribution in [2.45, 2.75) is 18.9 Å². The van der Waals surface area contributed by atoms with Crippen LogP contribution in [0.15, 0.2) is 42.5 Å². The molecule has 2 aromatic rings. The number of anilines is 1. The Labute approximate surface area is 165 Å². The standard InChI is InChI=1S/C20H18N2O7/c1-29-20(26)14-6-3-2-5-13(14)18(23)12-8-9-15(17(11-12)22(27)28)21-10-4-7-16(21)19(24)25/h2-3,5-6,8-9,11,16H,4,7,10H2,1H3,(H,24,25). The van der Waals surface area contributed by atoms with Crippen molar-refractivity contribution in [3.8, 4) is 0 Å². The van der Waals surface area contributed by atoms with E-state index in [0.29, 0.717) is 19.4 Å². The lowest BCUT2D eigenvalue weighted by atomic mass is 9.97. The Bertz CT molecular complexity index is 1000. The number of carbonyl (C=O) groups is 3. The summed E-state index contributed by atoms with van der Waals surface area (Å²) < 4.78 is 4.68. The smallest absolute Gasteiger partial charge is 0.338 e. The van der Waals surface area contributed by atoms with E-state index in [9.17, 15) is 29.6 Å². The van der Waals surface area contributed by atoms with Crippen molar-refractivity contribution in [2.24, 2.45) is 0 Å². The van der Waals surface area contributed by atoms with E-state index in [0.717, 1.165) is 6.07 Å². The normalized spacial score (nSPS) is 15.8. The molecule has 0 bridgehead atoms. The summed E-state index contributed by atoms with van der Waals surface area (Å²) >= 11 is 0. The van der Waals surface area contributed by atoms with E-state index < -0.39 is 28.7 Å². The molecule has 1 saturated heterocycles. The molecule has 29 heavy (non-hydrogen) atoms. The zero-order valence-electron chi connectivity index (χ0n) is 15.5. The average Bonchev–Trinajstić information content (AvgIpc) is 3.22. The Hall–Kier alpha value is -3.75. The number of hydrogen-bond donors (Lipinski definition) is 1. The number of benzene rings is 2. The van der Waals surface area contributed by atoms with Crippen LogP contribution in [0.2, 0.25) is 0 Å². The summed E-state index contributed by atoms with van der Waals surface area (Å²) in [5.74, 6) is -2.32. The molecule has 1 fully saturated rings. The maximum atomic E-state index is 12.9. The van der Waals surface area contributed by atoms with Crippen LogP contribution in [0.25, 0.3) is 0 Å². The molecule has 0 saturated carbocycles. The fourth-order valence-corrected chi connectivity index (χ4v) is 3.49. The number of carboxylic acids is 1. The fourth-order valence-electron chi connectivity index (χ4n) is 3.49. The second-order valence-corrected chi connectivity index (χ2v) is 6.52. The quantitative estimate of drug-likeness (QED) is 0.340. The minimum Gasteiger partial charge on any atom is -0.480 e. The van der Waals surface area contributed by atoms with Crippen LogP contribution in [-0.2, 0) is 9.53 Å². The highest BCUT2D eigenvalue weighted by Crippen LogP contribution is 2.35. The fraction of sp³-hybridized carbons (Fsp3) is 0.250. The molecule has 2 aromatic carbocycles. The Balaban J connectivity index is 2.04. The topological polar surface area (TPSA) is 127 Å². The molecule has 0 radical (unpaired) electrons. The first-order valence-corrected chi connectivity index (χ1v) is 8.85. The minimum atomic E-state index is -1.05. The van der Waals surface area contributed by atoms with Gasteiger partial charge in [0, 0.05) is 23.7 Å². The van der Waals surface area contributed by atoms with Crippen LogP contribution in [0.4, 0.5) is 11.4 Å². The number of esters is 1. The van der Waals surface area contributed by atoms with Crippen molar-refractivity contribution in [1.29, 1.82) is 0 Å². The van der Waals surface area contributed by atoms with Gasteiger partial charge in [0.05, 0.1) is 17.6 Å². The van der Waals surface area contributed by atoms with Crippen LogP contribution >= 0.6 is 0 Å². The zero-order valence-corrected chi connectivity index (χ0v) is 15.5. The van der Waals surface area contributed by atoms with Crippen molar-refractivity contribution >= 4 is 29.1 Å². The maximum Gasteiger partial charge on any atom is 0.338 e. The highest BCUT2D eigenvalue weighted by Gasteiger charge is 2.34. The van der Waals surface area contributed by atoms with Crippen molar-refractivity contribution in [3.05, 3.63) is 69.3 Å². The van der Waals surface area contributed by atoms with E-state index in [1.54, 1.807) is 12.1 Å². The molecule has 0 spiro atoms. The van der Waals surface area contributed by atoms with E-state index in [4.69, 9.17) is 0 Å². The lowest BCUT2D eigenvalue weighted by molar-refractivity contribution is -0.384. The summed E-state index contributed by atoms with van der Waals surface area (Å²) in [6, 6.07) is 9.07. The second kappa shape index (κ2) is 8.09. The lowest BCUT2D eigenvalue weighted by Crippen LogP contribution is -2.36. The van der Waals surface area contributed by atoms with Gasteiger partial charge in [0.2, 0.25) is 0 Å². The second-order valence-electron chi connectivity index (χ2n) is 6.52. The number of nitro benzene ring substituents is 1. The molecule has 0 amide bonds. The number of ketones is 1. The number of aliphatic carboxylic acids is 1. The first-order chi connectivity index (χ1) is 13.8. The summed E-state index contributed by atoms with van der Waals surface area (Å²) in [6.45, 7) is 0.371. The number of rotatable bonds is 6. The van der Waals surface area contributed by atoms with Gasteiger partial charge in [0.25, 0.3) is 5.69 Å². The Kier molecular flexibility index (Phi) is 5.58. The summed E-state index contributed by atoms with van der Waals surface area (Å²) in [4.78, 5) is 48.8. The molecule has 3 rings (SSSR count). The number of hydrogen-bond acceptors (Lipinski definition) is 7. The zero-order chi connectivity index (χ0) is 21.1. The molecule has 1 aliphatic heterocycles. The van der Waals surface area contributed by atoms with Gasteiger partial charge in [-0.25, -0.2) is 9.59 Å². The molecule has 1 atom stereocenters. The van der Waals surface area contributed by atoms with Gasteiger partial charge in [0.15, 0.2) is 5.78 Å². The van der Waals surface area contributed by atoms with Crippen LogP contribution in [0.3, 0.4) is 0 Å². The summed E-state index contributed by atoms with van der Waals surface area (Å²) in [5, 5.41) is 21.0. The number of carbonyl (C=O) groups excluding carboxylic acids is 2. The van der Waals surface area contributed by atoms with Crippen molar-refractivity contribution < 1.29 is 29.2 Å². The highest BCUT2D eigenvalue weighted by atomic mass is 16.6. The van der Waals surface area contributed by atoms with E-state index in [1.165, 1.54) is 36.3 Å². The third-order valence-electron chi connectivity index (χ3n) is 4.86. The van der Waals surface area contributed by atoms with Crippen molar-refractivity contribution in [3.63, 3.8) is 0 Å². The third-order valence-corrected chi connectivity index (χ3v) is 4.86. The van der Waals surface area contributed by atoms with Gasteiger partial charge in [0.1, 0.15) is 11.7 Å². The van der Waals surface area contributed by atoms with E-state index in [2.05, 4.69) is 4.74 Å². The summed E-state index contributed by atoms with van der Waals surface area (Å²) in [6.07, 6.45) is 0.987. The Morgan fingerprint density at radius 2 is 1.86 bits per heavy atom. The van der Waals surface area contributed by atoms with Crippen LogP contribution < -0.4 is 4.90 Å². The maximum absolute atomic E-state index is 12.9. The third kappa shape index (κ3) is 3.79. The van der Waals surface area contributed by atoms with Gasteiger partial charge in [-0.15, -0.1) is 0 Å². The molecule has 0 aliphatic carbocycles. The van der Waals surface area contributed by atoms with Gasteiger partial charge < -0.3 is 14.7 Å². The number of nitrogens with zero attached hydrogens (tertiary/aromatic N) is 2. The molecular formula is C20H18N2O7. The van der Waals surface area contributed by atoms with Crippen molar-refractivity contribution in [1.82, 2.24) is 0 Å². The molecule has 9 nitrogen and oxygen atoms in total. The Morgan fingerprint density at radius 1 is 1.17 bits per heavy atom. The molecule has 9 heteroatoms. The number of nitro groups is 1. The predicted molar refractivity (Wildman–Crippen MR) is 102 cm³/mol. The first kappa shape index (κ1) is 20.0. The van der Waals surface area contributed by atoms with Gasteiger partial charge in [-0.05, 0) is 31.0 Å². The van der Waals surface area contributed by atoms with Crippen LogP contribution in [0.5, 0.6) is 0 Å². The van der Waals surface area contributed by atoms with Crippen LogP contribution in [-0.4, -0.2) is 47.4 Å². The predicted octanol–water partition coefficient (Wildman–Crippen LogP) is 2.67. The van der Waals surface area contributed by atoms with Gasteiger partial charge in [-0.3, -0.25) is 14.9 Å². The molecule has 1 N–H and O–H groups in total. The molecular weight excluding hydrogens is 380 g/mol. The van der Waals surface area contributed by atoms with Gasteiger partial charge >= 0.3 is 11.9 Å². The molecule has 1 unspecified atom stereocenters. The summed E-state index contributed by atoms with van der Waals surface area (Å²) in [5.41, 5.74) is -0.0803. The number of methoxy groups -OCH3 is 1. The monoisotopic (exact) mass is 398 g/mol. The molecule has 1 aliphatic rings. The summed E-state index contributed by atoms with van der Waals surface area (Å²) in [7, 11) is 1.19. The first-order valence-electron chi connectivity index (χ1n) is 8.85. The van der Waals surface area contributed by atoms with Gasteiger partial charge in [-0.1, -0.05) is 18.2 Å². The largest absolute Gasteiger partial charge is 0.480 e. The SMILES string of the molecule is COC(=O)c1ccccc1C(=O)c1ccc(N2CCCC2C(=O)O)c([N+](=O)[O-])c1. The molecule has 0 aromatic heterocycles. The number of carboxylic acid groups (broad SMARTS) is 1. The van der Waals surface area contributed by atoms with Crippen LogP contribution in [0.1, 0.15) is 39.1 Å². The van der Waals surface area contributed by atoms with E-state index in [-0.39, 0.29) is 28.1 Å². The van der Waals surface area contributed by atoms with Crippen LogP contribution in [0, 0.1) is 10.1 Å². The number of ether oxygens (including phenoxy) is 1. The van der Waals surface area contributed by atoms with E-state index >= 15 is 0 Å². The van der Waals surface area contributed by atoms with Crippen molar-refractivity contribution in [2.75, 3.05) is 18.6 Å². The average molecular weight is 398 g/mol. The minimum absolute atomic E-state index is 0.0166. The highest BCUT2D eigenvalue weighted by molar-refractivity contribution is 6.15. The molecule has 150 valence electrons. The lowest BCUT2D eigenvalue weighted by Gasteiger charge is -2.23. The Morgan fingerprint density at radius 3 is 2.48 bits per heavy atom. The molecule has 1 heterocycles.